The van der Waals surface area contributed by atoms with Crippen molar-refractivity contribution in [3.8, 4) is 0 Å². The summed E-state index contributed by atoms with van der Waals surface area (Å²) < 4.78 is 2.06. The van der Waals surface area contributed by atoms with Crippen LogP contribution in [0, 0.1) is 0 Å². The average molecular weight is 265 g/mol. The zero-order chi connectivity index (χ0) is 14.1. The van der Waals surface area contributed by atoms with E-state index in [4.69, 9.17) is 5.73 Å². The Balaban J connectivity index is 1.94. The van der Waals surface area contributed by atoms with Gasteiger partial charge in [-0.1, -0.05) is 50.2 Å². The van der Waals surface area contributed by atoms with Gasteiger partial charge in [0.15, 0.2) is 0 Å². The minimum atomic E-state index is 0.559. The van der Waals surface area contributed by atoms with Crippen LogP contribution in [0.4, 0.5) is 5.95 Å². The number of hydrogen-bond donors (Lipinski definition) is 1. The Labute approximate surface area is 119 Å². The van der Waals surface area contributed by atoms with Gasteiger partial charge in [-0.05, 0) is 29.2 Å². The summed E-state index contributed by atoms with van der Waals surface area (Å²) in [5.41, 5.74) is 10.7. The van der Waals surface area contributed by atoms with Gasteiger partial charge in [-0.15, -0.1) is 0 Å². The number of hydrogen-bond acceptors (Lipinski definition) is 2. The molecule has 0 fully saturated rings. The third kappa shape index (κ3) is 2.27. The van der Waals surface area contributed by atoms with E-state index in [-0.39, 0.29) is 0 Å². The van der Waals surface area contributed by atoms with Crippen LogP contribution in [0.15, 0.2) is 48.5 Å². The predicted molar refractivity (Wildman–Crippen MR) is 83.8 cm³/mol. The predicted octanol–water partition coefficient (Wildman–Crippen LogP) is 3.79. The number of anilines is 1. The molecule has 20 heavy (non-hydrogen) atoms. The van der Waals surface area contributed by atoms with Crippen LogP contribution >= 0.6 is 0 Å². The molecule has 0 aliphatic carbocycles. The van der Waals surface area contributed by atoms with E-state index in [1.54, 1.807) is 0 Å². The van der Waals surface area contributed by atoms with Gasteiger partial charge in [0.25, 0.3) is 0 Å². The summed E-state index contributed by atoms with van der Waals surface area (Å²) >= 11 is 0. The van der Waals surface area contributed by atoms with Crippen molar-refractivity contribution < 1.29 is 0 Å². The molecule has 3 nitrogen and oxygen atoms in total. The summed E-state index contributed by atoms with van der Waals surface area (Å²) in [5.74, 6) is 1.13. The molecule has 0 aliphatic heterocycles. The fourth-order valence-corrected chi connectivity index (χ4v) is 2.45. The average Bonchev–Trinajstić information content (AvgIpc) is 2.76. The van der Waals surface area contributed by atoms with Crippen LogP contribution in [0.3, 0.4) is 0 Å². The maximum atomic E-state index is 6.03. The van der Waals surface area contributed by atoms with Gasteiger partial charge in [0.2, 0.25) is 5.95 Å². The molecule has 2 N–H and O–H groups in total. The largest absolute Gasteiger partial charge is 0.369 e. The van der Waals surface area contributed by atoms with Crippen molar-refractivity contribution in [2.24, 2.45) is 0 Å². The first kappa shape index (κ1) is 12.7. The number of nitrogen functional groups attached to an aromatic ring is 1. The molecule has 0 spiro atoms. The Bertz CT molecular complexity index is 724. The highest BCUT2D eigenvalue weighted by Crippen LogP contribution is 2.20. The first-order valence-electron chi connectivity index (χ1n) is 6.94. The van der Waals surface area contributed by atoms with Gasteiger partial charge >= 0.3 is 0 Å². The summed E-state index contributed by atoms with van der Waals surface area (Å²) in [6.07, 6.45) is 0. The van der Waals surface area contributed by atoms with Crippen molar-refractivity contribution in [1.82, 2.24) is 9.55 Å². The second kappa shape index (κ2) is 5.00. The van der Waals surface area contributed by atoms with Gasteiger partial charge in [-0.2, -0.15) is 0 Å². The highest BCUT2D eigenvalue weighted by Gasteiger charge is 2.08. The number of para-hydroxylation sites is 2. The van der Waals surface area contributed by atoms with Crippen LogP contribution in [0.1, 0.15) is 30.9 Å². The third-order valence-electron chi connectivity index (χ3n) is 3.67. The molecule has 0 bridgehead atoms. The van der Waals surface area contributed by atoms with E-state index < -0.39 is 0 Å². The first-order chi connectivity index (χ1) is 9.65. The third-order valence-corrected chi connectivity index (χ3v) is 3.67. The van der Waals surface area contributed by atoms with Gasteiger partial charge < -0.3 is 10.3 Å². The van der Waals surface area contributed by atoms with Gasteiger partial charge in [0.1, 0.15) is 0 Å². The van der Waals surface area contributed by atoms with Gasteiger partial charge in [-0.3, -0.25) is 0 Å². The zero-order valence-corrected chi connectivity index (χ0v) is 11.9. The van der Waals surface area contributed by atoms with Crippen molar-refractivity contribution in [3.63, 3.8) is 0 Å². The van der Waals surface area contributed by atoms with Crippen LogP contribution in [-0.4, -0.2) is 9.55 Å². The molecule has 3 heteroatoms. The number of nitrogens with zero attached hydrogens (tertiary/aromatic N) is 2. The zero-order valence-electron chi connectivity index (χ0n) is 11.9. The first-order valence-corrected chi connectivity index (χ1v) is 6.94. The lowest BCUT2D eigenvalue weighted by atomic mass is 10.0. The topological polar surface area (TPSA) is 43.8 Å². The number of nitrogens with two attached hydrogens (primary N) is 1. The van der Waals surface area contributed by atoms with Gasteiger partial charge in [0, 0.05) is 0 Å². The second-order valence-electron chi connectivity index (χ2n) is 5.44. The van der Waals surface area contributed by atoms with Crippen LogP contribution in [0.25, 0.3) is 11.0 Å². The van der Waals surface area contributed by atoms with Crippen molar-refractivity contribution in [2.45, 2.75) is 26.3 Å². The van der Waals surface area contributed by atoms with E-state index >= 15 is 0 Å². The van der Waals surface area contributed by atoms with Crippen LogP contribution in [-0.2, 0) is 6.54 Å². The monoisotopic (exact) mass is 265 g/mol. The minimum Gasteiger partial charge on any atom is -0.369 e. The lowest BCUT2D eigenvalue weighted by molar-refractivity contribution is 0.830. The van der Waals surface area contributed by atoms with Gasteiger partial charge in [0.05, 0.1) is 17.6 Å². The molecule has 3 aromatic rings. The van der Waals surface area contributed by atoms with Crippen LogP contribution in [0.2, 0.25) is 0 Å². The number of fused-ring (bicyclic) bond motifs is 1. The highest BCUT2D eigenvalue weighted by atomic mass is 15.1. The van der Waals surface area contributed by atoms with Crippen molar-refractivity contribution in [1.29, 1.82) is 0 Å². The Morgan fingerprint density at radius 1 is 1.05 bits per heavy atom. The van der Waals surface area contributed by atoms with E-state index in [1.807, 2.05) is 18.2 Å². The van der Waals surface area contributed by atoms with Crippen molar-refractivity contribution in [3.05, 3.63) is 59.7 Å². The molecule has 0 saturated carbocycles. The maximum absolute atomic E-state index is 6.03. The number of aromatic nitrogens is 2. The highest BCUT2D eigenvalue weighted by molar-refractivity contribution is 5.78. The lowest BCUT2D eigenvalue weighted by Crippen LogP contribution is -2.04. The summed E-state index contributed by atoms with van der Waals surface area (Å²) in [4.78, 5) is 4.40. The molecule has 0 atom stereocenters. The summed E-state index contributed by atoms with van der Waals surface area (Å²) in [5, 5.41) is 0. The van der Waals surface area contributed by atoms with Gasteiger partial charge in [-0.25, -0.2) is 4.98 Å². The molecule has 0 amide bonds. The Hall–Kier alpha value is -2.29. The molecular weight excluding hydrogens is 246 g/mol. The smallest absolute Gasteiger partial charge is 0.201 e. The molecule has 0 unspecified atom stereocenters. The normalized spacial score (nSPS) is 11.3. The molecule has 2 aromatic carbocycles. The van der Waals surface area contributed by atoms with E-state index in [0.717, 1.165) is 17.6 Å². The molecule has 1 heterocycles. The Morgan fingerprint density at radius 3 is 2.45 bits per heavy atom. The van der Waals surface area contributed by atoms with E-state index in [9.17, 15) is 0 Å². The van der Waals surface area contributed by atoms with E-state index in [0.29, 0.717) is 11.9 Å². The van der Waals surface area contributed by atoms with Crippen molar-refractivity contribution in [2.75, 3.05) is 5.73 Å². The van der Waals surface area contributed by atoms with Crippen LogP contribution < -0.4 is 5.73 Å². The summed E-state index contributed by atoms with van der Waals surface area (Å²) in [6.45, 7) is 5.16. The minimum absolute atomic E-state index is 0.559. The van der Waals surface area contributed by atoms with E-state index in [1.165, 1.54) is 11.1 Å². The fraction of sp³-hybridized carbons (Fsp3) is 0.235. The number of benzene rings is 2. The van der Waals surface area contributed by atoms with Crippen molar-refractivity contribution >= 4 is 17.0 Å². The molecule has 0 saturated heterocycles. The molecule has 3 rings (SSSR count). The van der Waals surface area contributed by atoms with Crippen LogP contribution in [0.5, 0.6) is 0 Å². The Morgan fingerprint density at radius 2 is 1.75 bits per heavy atom. The second-order valence-corrected chi connectivity index (χ2v) is 5.44. The maximum Gasteiger partial charge on any atom is 0.201 e. The SMILES string of the molecule is CC(C)c1ccc(Cn2c(N)nc3ccccc32)cc1. The molecule has 0 radical (unpaired) electrons. The standard InChI is InChI=1S/C17H19N3/c1-12(2)14-9-7-13(8-10-14)11-20-16-6-4-3-5-15(16)19-17(20)18/h3-10,12H,11H2,1-2H3,(H2,18,19). The number of imidazole rings is 1. The Kier molecular flexibility index (Phi) is 3.18. The summed E-state index contributed by atoms with van der Waals surface area (Å²) in [7, 11) is 0. The lowest BCUT2D eigenvalue weighted by Gasteiger charge is -2.09. The molecule has 102 valence electrons. The quantitative estimate of drug-likeness (QED) is 0.783. The molecule has 0 aliphatic rings. The molecule has 1 aromatic heterocycles. The molecular formula is C17H19N3. The number of rotatable bonds is 3. The van der Waals surface area contributed by atoms with E-state index in [2.05, 4.69) is 53.7 Å². The summed E-state index contributed by atoms with van der Waals surface area (Å²) in [6, 6.07) is 16.8. The fourth-order valence-electron chi connectivity index (χ4n) is 2.45.